The van der Waals surface area contributed by atoms with Crippen LogP contribution < -0.4 is 9.62 Å². The van der Waals surface area contributed by atoms with Crippen molar-refractivity contribution >= 4 is 27.5 Å². The lowest BCUT2D eigenvalue weighted by Gasteiger charge is -2.32. The molecule has 3 rings (SSSR count). The number of nitrogens with zero attached hydrogens (tertiary/aromatic N) is 2. The summed E-state index contributed by atoms with van der Waals surface area (Å²) in [6, 6.07) is 19.8. The van der Waals surface area contributed by atoms with E-state index in [2.05, 4.69) is 5.32 Å². The zero-order valence-corrected chi connectivity index (χ0v) is 22.7. The van der Waals surface area contributed by atoms with Gasteiger partial charge in [-0.25, -0.2) is 12.8 Å². The summed E-state index contributed by atoms with van der Waals surface area (Å²) < 4.78 is 43.1. The minimum atomic E-state index is -4.14. The van der Waals surface area contributed by atoms with Crippen LogP contribution in [-0.2, 0) is 26.2 Å². The van der Waals surface area contributed by atoms with E-state index in [9.17, 15) is 22.4 Å². The highest BCUT2D eigenvalue weighted by molar-refractivity contribution is 7.92. The predicted molar refractivity (Wildman–Crippen MR) is 146 cm³/mol. The van der Waals surface area contributed by atoms with Gasteiger partial charge in [-0.3, -0.25) is 13.9 Å². The van der Waals surface area contributed by atoms with Gasteiger partial charge in [-0.1, -0.05) is 67.9 Å². The van der Waals surface area contributed by atoms with E-state index in [1.165, 1.54) is 35.2 Å². The first-order valence-electron chi connectivity index (χ1n) is 12.6. The van der Waals surface area contributed by atoms with Crippen LogP contribution in [0.1, 0.15) is 37.8 Å². The van der Waals surface area contributed by atoms with Crippen LogP contribution in [0.2, 0.25) is 0 Å². The van der Waals surface area contributed by atoms with Gasteiger partial charge in [0.15, 0.2) is 0 Å². The summed E-state index contributed by atoms with van der Waals surface area (Å²) in [6.07, 6.45) is 1.66. The highest BCUT2D eigenvalue weighted by Gasteiger charge is 2.33. The highest BCUT2D eigenvalue weighted by atomic mass is 32.2. The molecule has 3 aromatic rings. The summed E-state index contributed by atoms with van der Waals surface area (Å²) in [5.74, 6) is -1.54. The number of anilines is 1. The Kier molecular flexibility index (Phi) is 10.0. The molecule has 7 nitrogen and oxygen atoms in total. The number of rotatable bonds is 12. The van der Waals surface area contributed by atoms with E-state index in [1.807, 2.05) is 6.92 Å². The molecule has 0 aromatic heterocycles. The van der Waals surface area contributed by atoms with Crippen molar-refractivity contribution in [2.75, 3.05) is 17.4 Å². The second kappa shape index (κ2) is 13.2. The van der Waals surface area contributed by atoms with Crippen LogP contribution in [0.15, 0.2) is 83.8 Å². The number of para-hydroxylation sites is 1. The molecule has 9 heteroatoms. The number of unbranched alkanes of at least 4 members (excludes halogenated alkanes) is 1. The van der Waals surface area contributed by atoms with Crippen molar-refractivity contribution in [3.05, 3.63) is 95.8 Å². The first-order valence-corrected chi connectivity index (χ1v) is 14.0. The monoisotopic (exact) mass is 539 g/mol. The third kappa shape index (κ3) is 6.98. The van der Waals surface area contributed by atoms with Gasteiger partial charge in [0.25, 0.3) is 10.0 Å². The Morgan fingerprint density at radius 2 is 1.58 bits per heavy atom. The maximum absolute atomic E-state index is 14.6. The molecule has 0 saturated heterocycles. The fraction of sp³-hybridized carbons (Fsp3) is 0.310. The molecule has 0 aliphatic rings. The Labute approximate surface area is 224 Å². The van der Waals surface area contributed by atoms with Crippen molar-refractivity contribution < 1.29 is 22.4 Å². The fourth-order valence-corrected chi connectivity index (χ4v) is 5.50. The molecular weight excluding hydrogens is 505 g/mol. The van der Waals surface area contributed by atoms with Crippen molar-refractivity contribution in [2.45, 2.75) is 51.1 Å². The molecule has 38 heavy (non-hydrogen) atoms. The number of halogens is 1. The van der Waals surface area contributed by atoms with E-state index in [0.717, 1.165) is 17.1 Å². The number of carbonyl (C=O) groups is 2. The summed E-state index contributed by atoms with van der Waals surface area (Å²) in [7, 11) is -4.14. The van der Waals surface area contributed by atoms with Crippen LogP contribution in [0.3, 0.4) is 0 Å². The van der Waals surface area contributed by atoms with Gasteiger partial charge in [-0.2, -0.15) is 0 Å². The van der Waals surface area contributed by atoms with E-state index in [1.54, 1.807) is 62.4 Å². The third-order valence-electron chi connectivity index (χ3n) is 6.29. The molecule has 2 amide bonds. The lowest BCUT2D eigenvalue weighted by molar-refractivity contribution is -0.139. The van der Waals surface area contributed by atoms with E-state index in [-0.39, 0.29) is 17.0 Å². The number of nitrogens with one attached hydrogen (secondary N) is 1. The Morgan fingerprint density at radius 3 is 2.24 bits per heavy atom. The quantitative estimate of drug-likeness (QED) is 0.339. The number of hydrogen-bond donors (Lipinski definition) is 1. The SMILES string of the molecule is CCCCNC(=O)C(C)N(Cc1ccccc1F)C(=O)CN(c1ccccc1C)S(=O)(=O)c1ccccc1. The predicted octanol–water partition coefficient (Wildman–Crippen LogP) is 4.66. The van der Waals surface area contributed by atoms with Crippen molar-refractivity contribution in [1.82, 2.24) is 10.2 Å². The molecule has 202 valence electrons. The second-order valence-electron chi connectivity index (χ2n) is 9.04. The van der Waals surface area contributed by atoms with Gasteiger partial charge >= 0.3 is 0 Å². The molecule has 3 aromatic carbocycles. The second-order valence-corrected chi connectivity index (χ2v) is 10.9. The summed E-state index contributed by atoms with van der Waals surface area (Å²) >= 11 is 0. The number of benzene rings is 3. The summed E-state index contributed by atoms with van der Waals surface area (Å²) in [5.41, 5.74) is 1.23. The van der Waals surface area contributed by atoms with Crippen LogP contribution in [0.25, 0.3) is 0 Å². The molecule has 0 aliphatic heterocycles. The minimum Gasteiger partial charge on any atom is -0.354 e. The maximum atomic E-state index is 14.6. The molecule has 0 heterocycles. The Morgan fingerprint density at radius 1 is 0.947 bits per heavy atom. The van der Waals surface area contributed by atoms with Crippen LogP contribution in [-0.4, -0.2) is 44.3 Å². The Bertz CT molecular complexity index is 1350. The number of sulfonamides is 1. The first kappa shape index (κ1) is 28.8. The molecule has 0 aliphatic carbocycles. The summed E-state index contributed by atoms with van der Waals surface area (Å²) in [5, 5.41) is 2.81. The zero-order chi connectivity index (χ0) is 27.7. The van der Waals surface area contributed by atoms with Crippen LogP contribution in [0.5, 0.6) is 0 Å². The summed E-state index contributed by atoms with van der Waals surface area (Å²) in [4.78, 5) is 28.0. The van der Waals surface area contributed by atoms with Gasteiger partial charge < -0.3 is 10.2 Å². The van der Waals surface area contributed by atoms with Gasteiger partial charge in [0, 0.05) is 18.7 Å². The van der Waals surface area contributed by atoms with Gasteiger partial charge in [-0.15, -0.1) is 0 Å². The van der Waals surface area contributed by atoms with Gasteiger partial charge in [0.05, 0.1) is 10.6 Å². The molecule has 1 N–H and O–H groups in total. The van der Waals surface area contributed by atoms with Crippen LogP contribution in [0.4, 0.5) is 10.1 Å². The molecule has 0 spiro atoms. The van der Waals surface area contributed by atoms with Crippen molar-refractivity contribution in [3.63, 3.8) is 0 Å². The molecule has 0 bridgehead atoms. The molecule has 1 atom stereocenters. The standard InChI is InChI=1S/C29H34FN3O4S/c1-4-5-19-31-29(35)23(3)32(20-24-14-10-11-17-26(24)30)28(34)21-33(27-18-12-9-13-22(27)2)38(36,37)25-15-7-6-8-16-25/h6-18,23H,4-5,19-21H2,1-3H3,(H,31,35). The average Bonchev–Trinajstić information content (AvgIpc) is 2.91. The van der Waals surface area contributed by atoms with Crippen LogP contribution >= 0.6 is 0 Å². The number of carbonyl (C=O) groups excluding carboxylic acids is 2. The Balaban J connectivity index is 2.01. The van der Waals surface area contributed by atoms with Gasteiger partial charge in [0.1, 0.15) is 18.4 Å². The number of amides is 2. The lowest BCUT2D eigenvalue weighted by atomic mass is 10.1. The van der Waals surface area contributed by atoms with Gasteiger partial charge in [-0.05, 0) is 50.1 Å². The molecule has 0 saturated carbocycles. The van der Waals surface area contributed by atoms with E-state index in [4.69, 9.17) is 0 Å². The molecule has 0 radical (unpaired) electrons. The molecule has 1 unspecified atom stereocenters. The average molecular weight is 540 g/mol. The van der Waals surface area contributed by atoms with Crippen LogP contribution in [0, 0.1) is 12.7 Å². The summed E-state index contributed by atoms with van der Waals surface area (Å²) in [6.45, 7) is 5.00. The Hall–Kier alpha value is -3.72. The smallest absolute Gasteiger partial charge is 0.264 e. The molecule has 0 fully saturated rings. The van der Waals surface area contributed by atoms with Crippen molar-refractivity contribution in [2.24, 2.45) is 0 Å². The highest BCUT2D eigenvalue weighted by Crippen LogP contribution is 2.27. The lowest BCUT2D eigenvalue weighted by Crippen LogP contribution is -2.51. The van der Waals surface area contributed by atoms with E-state index >= 15 is 0 Å². The maximum Gasteiger partial charge on any atom is 0.264 e. The fourth-order valence-electron chi connectivity index (χ4n) is 4.01. The third-order valence-corrected chi connectivity index (χ3v) is 8.06. The van der Waals surface area contributed by atoms with E-state index < -0.39 is 40.2 Å². The zero-order valence-electron chi connectivity index (χ0n) is 21.9. The minimum absolute atomic E-state index is 0.0297. The number of aryl methyl sites for hydroxylation is 1. The van der Waals surface area contributed by atoms with E-state index in [0.29, 0.717) is 17.8 Å². The van der Waals surface area contributed by atoms with Crippen molar-refractivity contribution in [1.29, 1.82) is 0 Å². The first-order chi connectivity index (χ1) is 18.2. The number of hydrogen-bond acceptors (Lipinski definition) is 4. The van der Waals surface area contributed by atoms with Gasteiger partial charge in [0.2, 0.25) is 11.8 Å². The largest absolute Gasteiger partial charge is 0.354 e. The van der Waals surface area contributed by atoms with Crippen molar-refractivity contribution in [3.8, 4) is 0 Å². The normalized spacial score (nSPS) is 12.0. The molecular formula is C29H34FN3O4S. The topological polar surface area (TPSA) is 86.8 Å².